The lowest BCUT2D eigenvalue weighted by atomic mass is 10.3. The summed E-state index contributed by atoms with van der Waals surface area (Å²) in [5.41, 5.74) is -0.337. The van der Waals surface area contributed by atoms with E-state index in [-0.39, 0.29) is 11.1 Å². The second kappa shape index (κ2) is 3.07. The number of halogens is 2. The number of H-pyrrole nitrogens is 1. The average Bonchev–Trinajstić information content (AvgIpc) is 2.41. The summed E-state index contributed by atoms with van der Waals surface area (Å²) in [7, 11) is 0.889. The first kappa shape index (κ1) is 10.2. The van der Waals surface area contributed by atoms with Crippen LogP contribution in [0.1, 0.15) is 0 Å². The van der Waals surface area contributed by atoms with Gasteiger partial charge in [-0.3, -0.25) is 4.98 Å². The van der Waals surface area contributed by atoms with Crippen LogP contribution in [-0.4, -0.2) is 13.4 Å². The van der Waals surface area contributed by atoms with E-state index in [1.165, 1.54) is 0 Å². The highest BCUT2D eigenvalue weighted by atomic mass is 35.7. The number of fused-ring (bicyclic) bond motifs is 1. The van der Waals surface area contributed by atoms with Crippen molar-refractivity contribution in [1.29, 1.82) is 0 Å². The lowest BCUT2D eigenvalue weighted by molar-refractivity contribution is 0.544. The Kier molecular flexibility index (Phi) is 2.09. The van der Waals surface area contributed by atoms with E-state index in [0.717, 1.165) is 6.07 Å². The molecule has 2 aromatic rings. The van der Waals surface area contributed by atoms with Crippen LogP contribution in [0.2, 0.25) is 0 Å². The van der Waals surface area contributed by atoms with Crippen LogP contribution in [0.5, 0.6) is 0 Å². The Balaban J connectivity index is 3.01. The standard InChI is InChI=1S/C7H3ClFNO4S/c8-15(12,13)5-2-3(9)1-4-6(5)14-7(11)10-4/h1-2H,(H,10,11). The topological polar surface area (TPSA) is 80.1 Å². The Hall–Kier alpha value is -1.34. The van der Waals surface area contributed by atoms with Gasteiger partial charge >= 0.3 is 5.76 Å². The first-order valence-corrected chi connectivity index (χ1v) is 5.96. The van der Waals surface area contributed by atoms with E-state index in [9.17, 15) is 17.6 Å². The molecular formula is C7H3ClFNO4S. The summed E-state index contributed by atoms with van der Waals surface area (Å²) in [6, 6.07) is 1.62. The van der Waals surface area contributed by atoms with E-state index >= 15 is 0 Å². The van der Waals surface area contributed by atoms with Gasteiger partial charge in [-0.05, 0) is 6.07 Å². The van der Waals surface area contributed by atoms with Crippen LogP contribution in [-0.2, 0) is 9.05 Å². The molecule has 0 aliphatic carbocycles. The summed E-state index contributed by atoms with van der Waals surface area (Å²) in [6.07, 6.45) is 0. The van der Waals surface area contributed by atoms with Crippen molar-refractivity contribution in [2.45, 2.75) is 4.90 Å². The van der Waals surface area contributed by atoms with Crippen LogP contribution in [0, 0.1) is 5.82 Å². The molecule has 5 nitrogen and oxygen atoms in total. The van der Waals surface area contributed by atoms with Crippen molar-refractivity contribution in [2.75, 3.05) is 0 Å². The first-order valence-electron chi connectivity index (χ1n) is 3.65. The molecule has 0 aliphatic heterocycles. The Labute approximate surface area is 86.9 Å². The molecule has 80 valence electrons. The predicted molar refractivity (Wildman–Crippen MR) is 49.8 cm³/mol. The Morgan fingerprint density at radius 1 is 1.40 bits per heavy atom. The zero-order valence-corrected chi connectivity index (χ0v) is 8.52. The molecule has 0 fully saturated rings. The van der Waals surface area contributed by atoms with Gasteiger partial charge in [-0.15, -0.1) is 0 Å². The van der Waals surface area contributed by atoms with Crippen LogP contribution in [0.4, 0.5) is 4.39 Å². The van der Waals surface area contributed by atoms with Gasteiger partial charge in [-0.1, -0.05) is 0 Å². The lowest BCUT2D eigenvalue weighted by Gasteiger charge is -1.96. The van der Waals surface area contributed by atoms with Crippen LogP contribution < -0.4 is 5.76 Å². The van der Waals surface area contributed by atoms with E-state index in [4.69, 9.17) is 10.7 Å². The second-order valence-electron chi connectivity index (χ2n) is 2.73. The van der Waals surface area contributed by atoms with E-state index in [0.29, 0.717) is 6.07 Å². The van der Waals surface area contributed by atoms with Crippen molar-refractivity contribution in [1.82, 2.24) is 4.98 Å². The highest BCUT2D eigenvalue weighted by Crippen LogP contribution is 2.25. The summed E-state index contributed by atoms with van der Waals surface area (Å²) in [5, 5.41) is 0. The van der Waals surface area contributed by atoms with Gasteiger partial charge in [-0.2, -0.15) is 0 Å². The Bertz CT molecular complexity index is 687. The quantitative estimate of drug-likeness (QED) is 0.772. The van der Waals surface area contributed by atoms with E-state index in [2.05, 4.69) is 9.40 Å². The number of rotatable bonds is 1. The van der Waals surface area contributed by atoms with Crippen molar-refractivity contribution < 1.29 is 17.2 Å². The van der Waals surface area contributed by atoms with Crippen LogP contribution in [0.25, 0.3) is 11.1 Å². The fourth-order valence-corrected chi connectivity index (χ4v) is 2.15. The minimum atomic E-state index is -4.16. The van der Waals surface area contributed by atoms with Crippen molar-refractivity contribution in [2.24, 2.45) is 0 Å². The van der Waals surface area contributed by atoms with Gasteiger partial charge in [-0.25, -0.2) is 17.6 Å². The van der Waals surface area contributed by atoms with Crippen molar-refractivity contribution in [3.63, 3.8) is 0 Å². The van der Waals surface area contributed by atoms with Crippen molar-refractivity contribution in [3.8, 4) is 0 Å². The van der Waals surface area contributed by atoms with E-state index < -0.39 is 25.5 Å². The third kappa shape index (κ3) is 1.75. The fraction of sp³-hybridized carbons (Fsp3) is 0. The Morgan fingerprint density at radius 2 is 2.07 bits per heavy atom. The maximum absolute atomic E-state index is 12.9. The largest absolute Gasteiger partial charge is 0.417 e. The van der Waals surface area contributed by atoms with Gasteiger partial charge in [0.05, 0.1) is 5.52 Å². The summed E-state index contributed by atoms with van der Waals surface area (Å²) in [4.78, 5) is 12.4. The zero-order chi connectivity index (χ0) is 11.2. The smallest absolute Gasteiger partial charge is 0.406 e. The number of nitrogens with one attached hydrogen (secondary N) is 1. The maximum atomic E-state index is 12.9. The molecule has 15 heavy (non-hydrogen) atoms. The monoisotopic (exact) mass is 251 g/mol. The third-order valence-corrected chi connectivity index (χ3v) is 3.04. The van der Waals surface area contributed by atoms with Gasteiger partial charge in [0.25, 0.3) is 9.05 Å². The Morgan fingerprint density at radius 3 is 2.67 bits per heavy atom. The van der Waals surface area contributed by atoms with Crippen LogP contribution in [0.3, 0.4) is 0 Å². The molecule has 0 spiro atoms. The molecule has 1 aromatic heterocycles. The molecule has 0 atom stereocenters. The normalized spacial score (nSPS) is 12.1. The highest BCUT2D eigenvalue weighted by Gasteiger charge is 2.19. The summed E-state index contributed by atoms with van der Waals surface area (Å²) in [5.74, 6) is -1.71. The molecule has 0 saturated carbocycles. The molecule has 0 saturated heterocycles. The van der Waals surface area contributed by atoms with Gasteiger partial charge < -0.3 is 4.42 Å². The van der Waals surface area contributed by atoms with Crippen molar-refractivity contribution in [3.05, 3.63) is 28.5 Å². The minimum absolute atomic E-state index is 0.0563. The van der Waals surface area contributed by atoms with Gasteiger partial charge in [0.1, 0.15) is 10.7 Å². The van der Waals surface area contributed by atoms with E-state index in [1.807, 2.05) is 0 Å². The number of aromatic amines is 1. The third-order valence-electron chi connectivity index (χ3n) is 1.71. The number of benzene rings is 1. The molecule has 1 aromatic carbocycles. The maximum Gasteiger partial charge on any atom is 0.417 e. The number of hydrogen-bond donors (Lipinski definition) is 1. The first-order chi connectivity index (χ1) is 6.88. The van der Waals surface area contributed by atoms with Crippen LogP contribution >= 0.6 is 10.7 Å². The molecule has 1 heterocycles. The lowest BCUT2D eigenvalue weighted by Crippen LogP contribution is -1.93. The molecule has 0 aliphatic rings. The molecule has 0 radical (unpaired) electrons. The SMILES string of the molecule is O=c1[nH]c2cc(F)cc(S(=O)(=O)Cl)c2o1. The summed E-state index contributed by atoms with van der Waals surface area (Å²) >= 11 is 0. The number of aromatic nitrogens is 1. The highest BCUT2D eigenvalue weighted by molar-refractivity contribution is 8.13. The van der Waals surface area contributed by atoms with Gasteiger partial charge in [0.15, 0.2) is 5.58 Å². The average molecular weight is 252 g/mol. The molecule has 0 amide bonds. The molecule has 0 bridgehead atoms. The zero-order valence-electron chi connectivity index (χ0n) is 6.95. The van der Waals surface area contributed by atoms with Crippen LogP contribution in [0.15, 0.2) is 26.2 Å². The number of hydrogen-bond acceptors (Lipinski definition) is 4. The molecular weight excluding hydrogens is 249 g/mol. The van der Waals surface area contributed by atoms with E-state index in [1.54, 1.807) is 0 Å². The fourth-order valence-electron chi connectivity index (χ4n) is 1.18. The number of oxazole rings is 1. The predicted octanol–water partition coefficient (Wildman–Crippen LogP) is 1.19. The molecule has 0 unspecified atom stereocenters. The summed E-state index contributed by atoms with van der Waals surface area (Å²) in [6.45, 7) is 0. The molecule has 8 heteroatoms. The molecule has 1 N–H and O–H groups in total. The molecule has 2 rings (SSSR count). The van der Waals surface area contributed by atoms with Crippen molar-refractivity contribution >= 4 is 30.8 Å². The van der Waals surface area contributed by atoms with Gasteiger partial charge in [0.2, 0.25) is 0 Å². The minimum Gasteiger partial charge on any atom is -0.406 e. The summed E-state index contributed by atoms with van der Waals surface area (Å²) < 4.78 is 39.6. The second-order valence-corrected chi connectivity index (χ2v) is 5.27. The van der Waals surface area contributed by atoms with Gasteiger partial charge in [0, 0.05) is 16.7 Å².